The van der Waals surface area contributed by atoms with Crippen molar-refractivity contribution < 1.29 is 23.9 Å². The summed E-state index contributed by atoms with van der Waals surface area (Å²) in [5.41, 5.74) is 4.47. The Morgan fingerprint density at radius 2 is 1.80 bits per heavy atom. The summed E-state index contributed by atoms with van der Waals surface area (Å²) in [5, 5.41) is 14.8. The van der Waals surface area contributed by atoms with Gasteiger partial charge in [0.25, 0.3) is 11.6 Å². The van der Waals surface area contributed by atoms with E-state index in [0.717, 1.165) is 17.5 Å². The lowest BCUT2D eigenvalue weighted by molar-refractivity contribution is -0.384. The highest BCUT2D eigenvalue weighted by atomic mass is 16.6. The molecule has 0 heterocycles. The van der Waals surface area contributed by atoms with Crippen LogP contribution in [0.2, 0.25) is 0 Å². The van der Waals surface area contributed by atoms with Gasteiger partial charge in [-0.25, -0.2) is 5.43 Å². The molecule has 0 radical (unpaired) electrons. The lowest BCUT2D eigenvalue weighted by atomic mass is 10.2. The first-order valence-corrected chi connectivity index (χ1v) is 11.2. The summed E-state index contributed by atoms with van der Waals surface area (Å²) in [6.07, 6.45) is 2.38. The Kier molecular flexibility index (Phi) is 9.18. The number of hydrogen-bond donors (Lipinski definition) is 1. The van der Waals surface area contributed by atoms with Crippen LogP contribution in [0.5, 0.6) is 17.2 Å². The molecule has 0 saturated heterocycles. The van der Waals surface area contributed by atoms with E-state index in [1.807, 2.05) is 19.9 Å². The molecule has 0 bridgehead atoms. The van der Waals surface area contributed by atoms with Gasteiger partial charge < -0.3 is 14.2 Å². The highest BCUT2D eigenvalue weighted by Gasteiger charge is 2.11. The lowest BCUT2D eigenvalue weighted by Crippen LogP contribution is -2.17. The fourth-order valence-electron chi connectivity index (χ4n) is 3.04. The monoisotopic (exact) mass is 477 g/mol. The van der Waals surface area contributed by atoms with Crippen molar-refractivity contribution >= 4 is 17.8 Å². The summed E-state index contributed by atoms with van der Waals surface area (Å²) in [6, 6.07) is 18.4. The van der Waals surface area contributed by atoms with Crippen LogP contribution in [0.15, 0.2) is 71.8 Å². The molecule has 3 aromatic rings. The van der Waals surface area contributed by atoms with Crippen LogP contribution in [0.25, 0.3) is 0 Å². The molecule has 0 aliphatic carbocycles. The molecule has 0 aromatic heterocycles. The molecular weight excluding hydrogens is 450 g/mol. The highest BCUT2D eigenvalue weighted by Crippen LogP contribution is 2.28. The van der Waals surface area contributed by atoms with Gasteiger partial charge in [0.05, 0.1) is 24.4 Å². The fraction of sp³-hybridized carbons (Fsp3) is 0.231. The number of benzene rings is 3. The Balaban J connectivity index is 1.58. The van der Waals surface area contributed by atoms with Gasteiger partial charge in [-0.3, -0.25) is 14.9 Å². The van der Waals surface area contributed by atoms with Crippen LogP contribution in [0.1, 0.15) is 41.8 Å². The minimum Gasteiger partial charge on any atom is -0.490 e. The van der Waals surface area contributed by atoms with Gasteiger partial charge in [-0.05, 0) is 66.9 Å². The van der Waals surface area contributed by atoms with Crippen molar-refractivity contribution in [2.24, 2.45) is 5.10 Å². The number of carbonyl (C=O) groups excluding carboxylic acids is 1. The number of ether oxygens (including phenoxy) is 3. The van der Waals surface area contributed by atoms with Crippen LogP contribution in [0.3, 0.4) is 0 Å². The summed E-state index contributed by atoms with van der Waals surface area (Å²) in [6.45, 7) is 5.15. The first-order chi connectivity index (χ1) is 17.0. The van der Waals surface area contributed by atoms with Gasteiger partial charge in [0, 0.05) is 17.7 Å². The van der Waals surface area contributed by atoms with Crippen LogP contribution in [-0.2, 0) is 6.61 Å². The van der Waals surface area contributed by atoms with Crippen LogP contribution >= 0.6 is 0 Å². The van der Waals surface area contributed by atoms with Gasteiger partial charge in [0.1, 0.15) is 12.4 Å². The number of nitrogens with one attached hydrogen (secondary N) is 1. The van der Waals surface area contributed by atoms with Crippen molar-refractivity contribution in [3.8, 4) is 17.2 Å². The van der Waals surface area contributed by atoms with Gasteiger partial charge in [-0.15, -0.1) is 0 Å². The molecular formula is C26H27N3O6. The number of amides is 1. The molecule has 182 valence electrons. The maximum absolute atomic E-state index is 12.5. The summed E-state index contributed by atoms with van der Waals surface area (Å²) in [5.74, 6) is 1.33. The Morgan fingerprint density at radius 1 is 1.00 bits per heavy atom. The van der Waals surface area contributed by atoms with Crippen molar-refractivity contribution in [1.82, 2.24) is 5.43 Å². The molecule has 1 N–H and O–H groups in total. The second kappa shape index (κ2) is 12.7. The van der Waals surface area contributed by atoms with Gasteiger partial charge >= 0.3 is 0 Å². The molecule has 9 heteroatoms. The molecule has 3 aromatic carbocycles. The standard InChI is InChI=1S/C26H27N3O6/c1-3-14-34-24-13-10-21(16-25(24)33-4-2)26(30)28-27-17-20-6-5-7-23(15-20)35-18-19-8-11-22(12-9-19)29(31)32/h5-13,15-17H,3-4,14,18H2,1-2H3,(H,28,30)/b27-17+. The zero-order valence-corrected chi connectivity index (χ0v) is 19.6. The SMILES string of the molecule is CCCOc1ccc(C(=O)N/N=C/c2cccc(OCc3ccc([N+](=O)[O-])cc3)c2)cc1OCC. The average molecular weight is 478 g/mol. The molecule has 0 aliphatic heterocycles. The van der Waals surface area contributed by atoms with Crippen molar-refractivity contribution in [2.45, 2.75) is 26.9 Å². The minimum absolute atomic E-state index is 0.0314. The summed E-state index contributed by atoms with van der Waals surface area (Å²) in [4.78, 5) is 22.8. The fourth-order valence-corrected chi connectivity index (χ4v) is 3.04. The average Bonchev–Trinajstić information content (AvgIpc) is 2.87. The predicted molar refractivity (Wildman–Crippen MR) is 132 cm³/mol. The number of nitro benzene ring substituents is 1. The van der Waals surface area contributed by atoms with Gasteiger partial charge in [0.15, 0.2) is 11.5 Å². The molecule has 1 amide bonds. The molecule has 0 spiro atoms. The summed E-state index contributed by atoms with van der Waals surface area (Å²) < 4.78 is 17.0. The molecule has 3 rings (SSSR count). The Labute approximate surface area is 203 Å². The molecule has 0 unspecified atom stereocenters. The molecule has 0 aliphatic rings. The van der Waals surface area contributed by atoms with E-state index in [-0.39, 0.29) is 18.2 Å². The second-order valence-electron chi connectivity index (χ2n) is 7.43. The third-order valence-electron chi connectivity index (χ3n) is 4.76. The van der Waals surface area contributed by atoms with Crippen LogP contribution in [-0.4, -0.2) is 30.3 Å². The van der Waals surface area contributed by atoms with E-state index >= 15 is 0 Å². The van der Waals surface area contributed by atoms with E-state index in [4.69, 9.17) is 14.2 Å². The number of hydrazone groups is 1. The Bertz CT molecular complexity index is 1180. The van der Waals surface area contributed by atoms with E-state index in [0.29, 0.717) is 36.0 Å². The van der Waals surface area contributed by atoms with Crippen molar-refractivity contribution in [2.75, 3.05) is 13.2 Å². The normalized spacial score (nSPS) is 10.7. The smallest absolute Gasteiger partial charge is 0.271 e. The third-order valence-corrected chi connectivity index (χ3v) is 4.76. The zero-order valence-electron chi connectivity index (χ0n) is 19.6. The number of non-ortho nitro benzene ring substituents is 1. The van der Waals surface area contributed by atoms with E-state index in [2.05, 4.69) is 10.5 Å². The van der Waals surface area contributed by atoms with Crippen LogP contribution in [0, 0.1) is 10.1 Å². The van der Waals surface area contributed by atoms with Gasteiger partial charge in [-0.2, -0.15) is 5.10 Å². The lowest BCUT2D eigenvalue weighted by Gasteiger charge is -2.12. The van der Waals surface area contributed by atoms with E-state index < -0.39 is 4.92 Å². The topological polar surface area (TPSA) is 112 Å². The third kappa shape index (κ3) is 7.56. The number of hydrogen-bond acceptors (Lipinski definition) is 7. The van der Waals surface area contributed by atoms with E-state index in [1.165, 1.54) is 18.3 Å². The highest BCUT2D eigenvalue weighted by molar-refractivity contribution is 5.95. The quantitative estimate of drug-likeness (QED) is 0.220. The Hall–Kier alpha value is -4.40. The van der Waals surface area contributed by atoms with Crippen molar-refractivity contribution in [3.63, 3.8) is 0 Å². The van der Waals surface area contributed by atoms with Gasteiger partial charge in [-0.1, -0.05) is 19.1 Å². The van der Waals surface area contributed by atoms with Crippen LogP contribution in [0.4, 0.5) is 5.69 Å². The first kappa shape index (κ1) is 25.2. The zero-order chi connectivity index (χ0) is 25.0. The first-order valence-electron chi connectivity index (χ1n) is 11.2. The Morgan fingerprint density at radius 3 is 2.51 bits per heavy atom. The number of rotatable bonds is 12. The van der Waals surface area contributed by atoms with E-state index in [1.54, 1.807) is 48.5 Å². The molecule has 35 heavy (non-hydrogen) atoms. The largest absolute Gasteiger partial charge is 0.490 e. The number of nitro groups is 1. The van der Waals surface area contributed by atoms with Crippen molar-refractivity contribution in [3.05, 3.63) is 93.5 Å². The second-order valence-corrected chi connectivity index (χ2v) is 7.43. The molecule has 0 atom stereocenters. The predicted octanol–water partition coefficient (Wildman–Crippen LogP) is 5.13. The minimum atomic E-state index is -0.443. The summed E-state index contributed by atoms with van der Waals surface area (Å²) in [7, 11) is 0. The number of nitrogens with zero attached hydrogens (tertiary/aromatic N) is 2. The van der Waals surface area contributed by atoms with E-state index in [9.17, 15) is 14.9 Å². The molecule has 0 saturated carbocycles. The maximum atomic E-state index is 12.5. The maximum Gasteiger partial charge on any atom is 0.271 e. The summed E-state index contributed by atoms with van der Waals surface area (Å²) >= 11 is 0. The van der Waals surface area contributed by atoms with Gasteiger partial charge in [0.2, 0.25) is 0 Å². The molecule has 0 fully saturated rings. The molecule has 9 nitrogen and oxygen atoms in total. The number of carbonyl (C=O) groups is 1. The van der Waals surface area contributed by atoms with Crippen LogP contribution < -0.4 is 19.6 Å². The van der Waals surface area contributed by atoms with Crippen molar-refractivity contribution in [1.29, 1.82) is 0 Å².